The molecule has 3 rings (SSSR count). The largest absolute Gasteiger partial charge is 0.334 e. The molecule has 0 spiro atoms. The molecule has 0 atom stereocenters. The number of hydrogen-bond donors (Lipinski definition) is 0. The van der Waals surface area contributed by atoms with Gasteiger partial charge in [-0.05, 0) is 43.3 Å². The van der Waals surface area contributed by atoms with E-state index >= 15 is 0 Å². The van der Waals surface area contributed by atoms with Crippen LogP contribution in [0.15, 0.2) is 57.5 Å². The van der Waals surface area contributed by atoms with Crippen molar-refractivity contribution in [2.75, 3.05) is 0 Å². The van der Waals surface area contributed by atoms with E-state index in [9.17, 15) is 0 Å². The van der Waals surface area contributed by atoms with Crippen LogP contribution in [0.4, 0.5) is 0 Å². The van der Waals surface area contributed by atoms with Gasteiger partial charge in [-0.3, -0.25) is 0 Å². The third kappa shape index (κ3) is 2.58. The molecule has 3 aromatic rings. The lowest BCUT2D eigenvalue weighted by Gasteiger charge is -1.95. The third-order valence-electron chi connectivity index (χ3n) is 2.79. The molecule has 19 heavy (non-hydrogen) atoms. The Bertz CT molecular complexity index is 704. The molecule has 0 aliphatic heterocycles. The van der Waals surface area contributed by atoms with Crippen LogP contribution in [0.5, 0.6) is 0 Å². The molecular formula is C15H11BrN2O. The van der Waals surface area contributed by atoms with Crippen molar-refractivity contribution in [3.05, 3.63) is 58.6 Å². The predicted octanol–water partition coefficient (Wildman–Crippen LogP) is 4.47. The van der Waals surface area contributed by atoms with Gasteiger partial charge < -0.3 is 4.52 Å². The molecule has 0 aliphatic rings. The van der Waals surface area contributed by atoms with E-state index in [1.807, 2.05) is 55.5 Å². The normalized spacial score (nSPS) is 10.6. The second-order valence-corrected chi connectivity index (χ2v) is 5.22. The average molecular weight is 315 g/mol. The van der Waals surface area contributed by atoms with Crippen LogP contribution in [0, 0.1) is 6.92 Å². The average Bonchev–Trinajstić information content (AvgIpc) is 2.89. The van der Waals surface area contributed by atoms with E-state index < -0.39 is 0 Å². The molecule has 0 fully saturated rings. The first-order valence-corrected chi connectivity index (χ1v) is 6.68. The molecule has 0 aliphatic carbocycles. The summed E-state index contributed by atoms with van der Waals surface area (Å²) in [6, 6.07) is 15.8. The van der Waals surface area contributed by atoms with E-state index in [4.69, 9.17) is 4.52 Å². The van der Waals surface area contributed by atoms with Gasteiger partial charge in [0.05, 0.1) is 0 Å². The van der Waals surface area contributed by atoms with Gasteiger partial charge in [-0.25, -0.2) is 0 Å². The van der Waals surface area contributed by atoms with Crippen molar-refractivity contribution in [2.45, 2.75) is 6.92 Å². The zero-order valence-electron chi connectivity index (χ0n) is 10.3. The molecule has 2 aromatic carbocycles. The van der Waals surface area contributed by atoms with Crippen LogP contribution < -0.4 is 0 Å². The maximum Gasteiger partial charge on any atom is 0.258 e. The Hall–Kier alpha value is -1.94. The van der Waals surface area contributed by atoms with Gasteiger partial charge in [0, 0.05) is 15.6 Å². The minimum atomic E-state index is 0.543. The molecule has 0 radical (unpaired) electrons. The van der Waals surface area contributed by atoms with Crippen LogP contribution in [0.25, 0.3) is 22.8 Å². The number of nitrogens with zero attached hydrogens (tertiary/aromatic N) is 2. The summed E-state index contributed by atoms with van der Waals surface area (Å²) in [6.07, 6.45) is 0. The van der Waals surface area contributed by atoms with Crippen molar-refractivity contribution in [3.63, 3.8) is 0 Å². The van der Waals surface area contributed by atoms with Gasteiger partial charge in [-0.2, -0.15) is 4.98 Å². The molecule has 4 heteroatoms. The number of halogens is 1. The van der Waals surface area contributed by atoms with Crippen molar-refractivity contribution >= 4 is 15.9 Å². The summed E-state index contributed by atoms with van der Waals surface area (Å²) >= 11 is 3.40. The fraction of sp³-hybridized carbons (Fsp3) is 0.0667. The van der Waals surface area contributed by atoms with Crippen LogP contribution in [0.3, 0.4) is 0 Å². The SMILES string of the molecule is Cc1cccc(-c2nc(-c3ccc(Br)cc3)no2)c1. The predicted molar refractivity (Wildman–Crippen MR) is 77.6 cm³/mol. The van der Waals surface area contributed by atoms with Crippen LogP contribution in [0.1, 0.15) is 5.56 Å². The second kappa shape index (κ2) is 4.97. The van der Waals surface area contributed by atoms with Gasteiger partial charge in [-0.1, -0.05) is 38.8 Å². The summed E-state index contributed by atoms with van der Waals surface area (Å²) in [4.78, 5) is 4.43. The summed E-state index contributed by atoms with van der Waals surface area (Å²) in [5.41, 5.74) is 3.04. The number of hydrogen-bond acceptors (Lipinski definition) is 3. The van der Waals surface area contributed by atoms with Crippen molar-refractivity contribution in [2.24, 2.45) is 0 Å². The third-order valence-corrected chi connectivity index (χ3v) is 3.32. The summed E-state index contributed by atoms with van der Waals surface area (Å²) in [5, 5.41) is 4.02. The highest BCUT2D eigenvalue weighted by Gasteiger charge is 2.10. The molecule has 94 valence electrons. The zero-order chi connectivity index (χ0) is 13.2. The fourth-order valence-corrected chi connectivity index (χ4v) is 2.10. The van der Waals surface area contributed by atoms with Crippen LogP contribution in [-0.2, 0) is 0 Å². The Morgan fingerprint density at radius 1 is 1.00 bits per heavy atom. The highest BCUT2D eigenvalue weighted by atomic mass is 79.9. The second-order valence-electron chi connectivity index (χ2n) is 4.30. The number of aromatic nitrogens is 2. The van der Waals surface area contributed by atoms with Crippen molar-refractivity contribution in [1.82, 2.24) is 10.1 Å². The molecule has 1 aromatic heterocycles. The highest BCUT2D eigenvalue weighted by molar-refractivity contribution is 9.10. The molecule has 0 amide bonds. The van der Waals surface area contributed by atoms with Crippen molar-refractivity contribution in [1.29, 1.82) is 0 Å². The van der Waals surface area contributed by atoms with Crippen molar-refractivity contribution in [3.8, 4) is 22.8 Å². The van der Waals surface area contributed by atoms with E-state index in [-0.39, 0.29) is 0 Å². The molecule has 3 nitrogen and oxygen atoms in total. The lowest BCUT2D eigenvalue weighted by Crippen LogP contribution is -1.81. The van der Waals surface area contributed by atoms with Gasteiger partial charge in [-0.15, -0.1) is 0 Å². The summed E-state index contributed by atoms with van der Waals surface area (Å²) in [5.74, 6) is 1.14. The van der Waals surface area contributed by atoms with Gasteiger partial charge in [0.1, 0.15) is 0 Å². The molecule has 0 N–H and O–H groups in total. The quantitative estimate of drug-likeness (QED) is 0.700. The van der Waals surface area contributed by atoms with Gasteiger partial charge in [0.2, 0.25) is 5.82 Å². The van der Waals surface area contributed by atoms with E-state index in [1.54, 1.807) is 0 Å². The van der Waals surface area contributed by atoms with Crippen LogP contribution in [-0.4, -0.2) is 10.1 Å². The number of rotatable bonds is 2. The van der Waals surface area contributed by atoms with Crippen LogP contribution >= 0.6 is 15.9 Å². The smallest absolute Gasteiger partial charge is 0.258 e. The van der Waals surface area contributed by atoms with E-state index in [0.717, 1.165) is 15.6 Å². The lowest BCUT2D eigenvalue weighted by atomic mass is 10.1. The Kier molecular flexibility index (Phi) is 3.17. The zero-order valence-corrected chi connectivity index (χ0v) is 11.9. The first-order chi connectivity index (χ1) is 9.22. The molecular weight excluding hydrogens is 304 g/mol. The molecule has 1 heterocycles. The topological polar surface area (TPSA) is 38.9 Å². The summed E-state index contributed by atoms with van der Waals surface area (Å²) in [6.45, 7) is 2.04. The first kappa shape index (κ1) is 12.1. The minimum Gasteiger partial charge on any atom is -0.334 e. The number of benzene rings is 2. The Morgan fingerprint density at radius 2 is 1.79 bits per heavy atom. The van der Waals surface area contributed by atoms with Crippen molar-refractivity contribution < 1.29 is 4.52 Å². The maximum absolute atomic E-state index is 5.32. The first-order valence-electron chi connectivity index (χ1n) is 5.89. The molecule has 0 unspecified atom stereocenters. The Morgan fingerprint density at radius 3 is 2.53 bits per heavy atom. The lowest BCUT2D eigenvalue weighted by molar-refractivity contribution is 0.432. The fourth-order valence-electron chi connectivity index (χ4n) is 1.84. The van der Waals surface area contributed by atoms with Gasteiger partial charge in [0.25, 0.3) is 5.89 Å². The molecule has 0 saturated heterocycles. The maximum atomic E-state index is 5.32. The van der Waals surface area contributed by atoms with E-state index in [0.29, 0.717) is 11.7 Å². The van der Waals surface area contributed by atoms with Gasteiger partial charge in [0.15, 0.2) is 0 Å². The minimum absolute atomic E-state index is 0.543. The highest BCUT2D eigenvalue weighted by Crippen LogP contribution is 2.23. The van der Waals surface area contributed by atoms with E-state index in [1.165, 1.54) is 5.56 Å². The molecule has 0 saturated carbocycles. The summed E-state index contributed by atoms with van der Waals surface area (Å²) < 4.78 is 6.34. The standard InChI is InChI=1S/C15H11BrN2O/c1-10-3-2-4-12(9-10)15-17-14(18-19-15)11-5-7-13(16)8-6-11/h2-9H,1H3. The number of aryl methyl sites for hydroxylation is 1. The molecule has 0 bridgehead atoms. The van der Waals surface area contributed by atoms with Crippen LogP contribution in [0.2, 0.25) is 0 Å². The van der Waals surface area contributed by atoms with Gasteiger partial charge >= 0.3 is 0 Å². The Balaban J connectivity index is 1.97. The van der Waals surface area contributed by atoms with E-state index in [2.05, 4.69) is 26.1 Å². The Labute approximate surface area is 119 Å². The summed E-state index contributed by atoms with van der Waals surface area (Å²) in [7, 11) is 0. The monoisotopic (exact) mass is 314 g/mol.